The Labute approximate surface area is 184 Å². The van der Waals surface area contributed by atoms with Gasteiger partial charge < -0.3 is 9.88 Å². The van der Waals surface area contributed by atoms with Crippen LogP contribution in [0.5, 0.6) is 0 Å². The van der Waals surface area contributed by atoms with Gasteiger partial charge in [-0.2, -0.15) is 5.10 Å². The van der Waals surface area contributed by atoms with Crippen LogP contribution in [-0.4, -0.2) is 25.2 Å². The summed E-state index contributed by atoms with van der Waals surface area (Å²) >= 11 is 6.11. The second-order valence-electron chi connectivity index (χ2n) is 7.43. The Bertz CT molecular complexity index is 1220. The molecule has 31 heavy (non-hydrogen) atoms. The number of hydrogen-bond donors (Lipinski definition) is 1. The monoisotopic (exact) mass is 437 g/mol. The zero-order valence-corrected chi connectivity index (χ0v) is 17.8. The van der Waals surface area contributed by atoms with Gasteiger partial charge in [-0.15, -0.1) is 0 Å². The minimum atomic E-state index is -0.388. The Morgan fingerprint density at radius 3 is 2.74 bits per heavy atom. The summed E-state index contributed by atoms with van der Waals surface area (Å²) in [6, 6.07) is 12.2. The van der Waals surface area contributed by atoms with Gasteiger partial charge in [0.2, 0.25) is 0 Å². The highest BCUT2D eigenvalue weighted by Gasteiger charge is 2.21. The van der Waals surface area contributed by atoms with Gasteiger partial charge in [-0.3, -0.25) is 4.79 Å². The number of carbonyl (C=O) groups is 1. The number of benzene rings is 2. The molecule has 0 aliphatic rings. The normalized spacial score (nSPS) is 11.1. The first-order valence-electron chi connectivity index (χ1n) is 9.83. The van der Waals surface area contributed by atoms with Gasteiger partial charge in [-0.1, -0.05) is 37.6 Å². The second kappa shape index (κ2) is 8.73. The van der Waals surface area contributed by atoms with Crippen molar-refractivity contribution in [3.63, 3.8) is 0 Å². The van der Waals surface area contributed by atoms with Crippen LogP contribution in [0.15, 0.2) is 67.4 Å². The molecule has 0 fully saturated rings. The summed E-state index contributed by atoms with van der Waals surface area (Å²) in [4.78, 5) is 16.8. The molecule has 0 bridgehead atoms. The Morgan fingerprint density at radius 1 is 1.23 bits per heavy atom. The fourth-order valence-corrected chi connectivity index (χ4v) is 3.64. The molecule has 158 valence electrons. The van der Waals surface area contributed by atoms with Gasteiger partial charge in [-0.05, 0) is 41.8 Å². The zero-order chi connectivity index (χ0) is 22.0. The van der Waals surface area contributed by atoms with Gasteiger partial charge in [0.25, 0.3) is 5.91 Å². The van der Waals surface area contributed by atoms with E-state index in [0.29, 0.717) is 21.8 Å². The Kier molecular flexibility index (Phi) is 5.86. The van der Waals surface area contributed by atoms with Crippen molar-refractivity contribution in [2.24, 2.45) is 0 Å². The molecule has 1 N–H and O–H groups in total. The fraction of sp³-hybridized carbons (Fsp3) is 0.174. The van der Waals surface area contributed by atoms with E-state index in [1.807, 2.05) is 26.0 Å². The Morgan fingerprint density at radius 2 is 2.06 bits per heavy atom. The molecule has 0 aliphatic carbocycles. The van der Waals surface area contributed by atoms with E-state index in [1.54, 1.807) is 52.1 Å². The van der Waals surface area contributed by atoms with Crippen LogP contribution < -0.4 is 5.32 Å². The minimum absolute atomic E-state index is 0.0501. The number of imidazole rings is 1. The number of rotatable bonds is 6. The lowest BCUT2D eigenvalue weighted by Gasteiger charge is -2.13. The number of amides is 1. The van der Waals surface area contributed by atoms with Crippen molar-refractivity contribution in [1.29, 1.82) is 0 Å². The minimum Gasteiger partial charge on any atom is -0.348 e. The topological polar surface area (TPSA) is 64.7 Å². The van der Waals surface area contributed by atoms with Crippen LogP contribution in [-0.2, 0) is 6.54 Å². The predicted molar refractivity (Wildman–Crippen MR) is 117 cm³/mol. The summed E-state index contributed by atoms with van der Waals surface area (Å²) in [5, 5.41) is 7.86. The molecule has 4 aromatic rings. The maximum absolute atomic E-state index is 14.5. The SMILES string of the molecule is CC(C)c1c(C(=O)NCc2ccc(-n3ccnc3)c(F)c2)cnn1-c1cccc(Cl)c1. The average molecular weight is 438 g/mol. The van der Waals surface area contributed by atoms with Gasteiger partial charge >= 0.3 is 0 Å². The third-order valence-corrected chi connectivity index (χ3v) is 5.13. The summed E-state index contributed by atoms with van der Waals surface area (Å²) in [5.74, 6) is -0.605. The van der Waals surface area contributed by atoms with E-state index in [9.17, 15) is 9.18 Å². The molecule has 4 rings (SSSR count). The summed E-state index contributed by atoms with van der Waals surface area (Å²) in [6.45, 7) is 4.19. The lowest BCUT2D eigenvalue weighted by atomic mass is 10.0. The highest BCUT2D eigenvalue weighted by atomic mass is 35.5. The Hall–Kier alpha value is -3.45. The summed E-state index contributed by atoms with van der Waals surface area (Å²) < 4.78 is 17.8. The molecule has 2 heterocycles. The van der Waals surface area contributed by atoms with E-state index in [1.165, 1.54) is 12.4 Å². The van der Waals surface area contributed by atoms with Crippen LogP contribution in [0.2, 0.25) is 5.02 Å². The van der Waals surface area contributed by atoms with Crippen LogP contribution in [0.25, 0.3) is 11.4 Å². The van der Waals surface area contributed by atoms with Crippen molar-refractivity contribution >= 4 is 17.5 Å². The number of nitrogens with zero attached hydrogens (tertiary/aromatic N) is 4. The van der Waals surface area contributed by atoms with E-state index in [2.05, 4.69) is 15.4 Å². The maximum Gasteiger partial charge on any atom is 0.255 e. The molecule has 6 nitrogen and oxygen atoms in total. The zero-order valence-electron chi connectivity index (χ0n) is 17.1. The van der Waals surface area contributed by atoms with Crippen LogP contribution in [0.3, 0.4) is 0 Å². The molecule has 0 radical (unpaired) electrons. The fourth-order valence-electron chi connectivity index (χ4n) is 3.45. The van der Waals surface area contributed by atoms with Crippen molar-refractivity contribution in [2.45, 2.75) is 26.3 Å². The molecule has 0 spiro atoms. The van der Waals surface area contributed by atoms with E-state index >= 15 is 0 Å². The van der Waals surface area contributed by atoms with Crippen LogP contribution in [0, 0.1) is 5.82 Å². The smallest absolute Gasteiger partial charge is 0.255 e. The van der Waals surface area contributed by atoms with E-state index in [4.69, 9.17) is 11.6 Å². The van der Waals surface area contributed by atoms with Crippen molar-refractivity contribution < 1.29 is 9.18 Å². The molecule has 0 unspecified atom stereocenters. The largest absolute Gasteiger partial charge is 0.348 e. The molecule has 0 saturated heterocycles. The molecular weight excluding hydrogens is 417 g/mol. The molecule has 0 atom stereocenters. The predicted octanol–water partition coefficient (Wildman–Crippen LogP) is 4.90. The van der Waals surface area contributed by atoms with E-state index < -0.39 is 0 Å². The third kappa shape index (κ3) is 4.36. The number of hydrogen-bond acceptors (Lipinski definition) is 3. The third-order valence-electron chi connectivity index (χ3n) is 4.90. The van der Waals surface area contributed by atoms with E-state index in [-0.39, 0.29) is 24.2 Å². The number of nitrogens with one attached hydrogen (secondary N) is 1. The molecule has 1 amide bonds. The molecule has 2 aromatic heterocycles. The lowest BCUT2D eigenvalue weighted by molar-refractivity contribution is 0.0949. The first kappa shape index (κ1) is 20.8. The van der Waals surface area contributed by atoms with Gasteiger partial charge in [0.05, 0.1) is 35.2 Å². The first-order valence-corrected chi connectivity index (χ1v) is 10.2. The summed E-state index contributed by atoms with van der Waals surface area (Å²) in [6.07, 6.45) is 6.34. The van der Waals surface area contributed by atoms with E-state index in [0.717, 1.165) is 11.4 Å². The molecular formula is C23H21ClFN5O. The summed E-state index contributed by atoms with van der Waals surface area (Å²) in [7, 11) is 0. The van der Waals surface area contributed by atoms with Crippen molar-refractivity contribution in [1.82, 2.24) is 24.6 Å². The van der Waals surface area contributed by atoms with Crippen LogP contribution in [0.1, 0.15) is 41.4 Å². The molecule has 2 aromatic carbocycles. The number of aromatic nitrogens is 4. The quantitative estimate of drug-likeness (QED) is 0.466. The van der Waals surface area contributed by atoms with Crippen molar-refractivity contribution in [3.05, 3.63) is 95.0 Å². The maximum atomic E-state index is 14.5. The van der Waals surface area contributed by atoms with Gasteiger partial charge in [0.15, 0.2) is 0 Å². The highest BCUT2D eigenvalue weighted by Crippen LogP contribution is 2.24. The van der Waals surface area contributed by atoms with Crippen LogP contribution >= 0.6 is 11.6 Å². The van der Waals surface area contributed by atoms with Crippen LogP contribution in [0.4, 0.5) is 4.39 Å². The van der Waals surface area contributed by atoms with Crippen molar-refractivity contribution in [3.8, 4) is 11.4 Å². The van der Waals surface area contributed by atoms with Crippen molar-refractivity contribution in [2.75, 3.05) is 0 Å². The molecule has 8 heteroatoms. The summed E-state index contributed by atoms with van der Waals surface area (Å²) in [5.41, 5.74) is 3.10. The lowest BCUT2D eigenvalue weighted by Crippen LogP contribution is -2.24. The molecule has 0 saturated carbocycles. The van der Waals surface area contributed by atoms with Gasteiger partial charge in [0.1, 0.15) is 5.82 Å². The van der Waals surface area contributed by atoms with Gasteiger partial charge in [-0.25, -0.2) is 14.1 Å². The first-order chi connectivity index (χ1) is 14.9. The Balaban J connectivity index is 1.53. The number of halogens is 2. The van der Waals surface area contributed by atoms with Gasteiger partial charge in [0, 0.05) is 24.0 Å². The molecule has 0 aliphatic heterocycles. The average Bonchev–Trinajstić information content (AvgIpc) is 3.42. The standard InChI is InChI=1S/C23H21ClFN5O/c1-15(2)22-19(13-28-30(22)18-5-3-4-17(24)11-18)23(31)27-12-16-6-7-21(20(25)10-16)29-9-8-26-14-29/h3-11,13-15H,12H2,1-2H3,(H,27,31). The second-order valence-corrected chi connectivity index (χ2v) is 7.86. The highest BCUT2D eigenvalue weighted by molar-refractivity contribution is 6.30. The number of carbonyl (C=O) groups excluding carboxylic acids is 1.